The maximum Gasteiger partial charge on any atom is 0.243 e. The van der Waals surface area contributed by atoms with Gasteiger partial charge in [-0.05, 0) is 24.3 Å². The third-order valence-electron chi connectivity index (χ3n) is 3.01. The molecule has 1 saturated heterocycles. The number of likely N-dealkylation sites (N-methyl/N-ethyl adjacent to an activating group) is 1. The molecule has 0 radical (unpaired) electrons. The molecule has 0 atom stereocenters. The first-order valence-corrected chi connectivity index (χ1v) is 6.82. The number of ether oxygens (including phenoxy) is 1. The van der Waals surface area contributed by atoms with Crippen molar-refractivity contribution < 1.29 is 13.2 Å². The highest BCUT2D eigenvalue weighted by Crippen LogP contribution is 2.20. The lowest BCUT2D eigenvalue weighted by atomic mass is 10.2. The van der Waals surface area contributed by atoms with E-state index >= 15 is 0 Å². The third-order valence-corrected chi connectivity index (χ3v) is 4.93. The molecule has 0 amide bonds. The first-order valence-electron chi connectivity index (χ1n) is 5.38. The maximum atomic E-state index is 12.2. The van der Waals surface area contributed by atoms with Gasteiger partial charge >= 0.3 is 0 Å². The number of benzene rings is 1. The number of sulfonamides is 1. The molecule has 1 aromatic carbocycles. The van der Waals surface area contributed by atoms with Gasteiger partial charge in [-0.25, -0.2) is 8.42 Å². The Kier molecular flexibility index (Phi) is 3.37. The molecule has 6 heteroatoms. The molecule has 0 aliphatic carbocycles. The normalized spacial score (nSPS) is 16.9. The van der Waals surface area contributed by atoms with Crippen molar-refractivity contribution in [1.29, 1.82) is 0 Å². The molecule has 0 bridgehead atoms. The van der Waals surface area contributed by atoms with Crippen molar-refractivity contribution in [1.82, 2.24) is 9.62 Å². The van der Waals surface area contributed by atoms with Crippen molar-refractivity contribution in [2.45, 2.75) is 10.9 Å². The van der Waals surface area contributed by atoms with E-state index in [1.54, 1.807) is 38.4 Å². The lowest BCUT2D eigenvalue weighted by Gasteiger charge is -2.34. The van der Waals surface area contributed by atoms with Crippen LogP contribution in [0.2, 0.25) is 0 Å². The van der Waals surface area contributed by atoms with Crippen molar-refractivity contribution in [2.24, 2.45) is 0 Å². The summed E-state index contributed by atoms with van der Waals surface area (Å²) in [6.07, 6.45) is 0. The molecule has 1 aliphatic rings. The van der Waals surface area contributed by atoms with E-state index < -0.39 is 10.0 Å². The Hall–Kier alpha value is -1.11. The van der Waals surface area contributed by atoms with Gasteiger partial charge < -0.3 is 10.1 Å². The van der Waals surface area contributed by atoms with Crippen LogP contribution < -0.4 is 10.1 Å². The molecule has 17 heavy (non-hydrogen) atoms. The number of methoxy groups -OCH3 is 1. The van der Waals surface area contributed by atoms with Gasteiger partial charge in [0.25, 0.3) is 0 Å². The van der Waals surface area contributed by atoms with Crippen LogP contribution in [-0.4, -0.2) is 46.0 Å². The van der Waals surface area contributed by atoms with E-state index in [0.717, 1.165) is 0 Å². The number of hydrogen-bond acceptors (Lipinski definition) is 4. The zero-order valence-electron chi connectivity index (χ0n) is 9.88. The second-order valence-corrected chi connectivity index (χ2v) is 6.01. The summed E-state index contributed by atoms with van der Waals surface area (Å²) in [5, 5.41) is 3.06. The van der Waals surface area contributed by atoms with Crippen LogP contribution in [0.5, 0.6) is 5.75 Å². The quantitative estimate of drug-likeness (QED) is 0.841. The number of hydrogen-bond donors (Lipinski definition) is 1. The Bertz CT molecular complexity index is 480. The summed E-state index contributed by atoms with van der Waals surface area (Å²) in [6.45, 7) is 1.43. The largest absolute Gasteiger partial charge is 0.497 e. The molecule has 0 spiro atoms. The molecule has 0 aromatic heterocycles. The van der Waals surface area contributed by atoms with Crippen LogP contribution in [0.1, 0.15) is 0 Å². The number of nitrogens with zero attached hydrogens (tertiary/aromatic N) is 1. The van der Waals surface area contributed by atoms with E-state index in [2.05, 4.69) is 5.32 Å². The molecule has 1 N–H and O–H groups in total. The first kappa shape index (κ1) is 12.3. The SMILES string of the molecule is COc1ccc(S(=O)(=O)N(C)C2CNC2)cc1. The minimum Gasteiger partial charge on any atom is -0.497 e. The summed E-state index contributed by atoms with van der Waals surface area (Å²) >= 11 is 0. The molecule has 1 heterocycles. The van der Waals surface area contributed by atoms with Crippen LogP contribution in [0.15, 0.2) is 29.2 Å². The molecule has 1 aromatic rings. The van der Waals surface area contributed by atoms with Gasteiger partial charge in [0, 0.05) is 26.2 Å². The fourth-order valence-electron chi connectivity index (χ4n) is 1.64. The average molecular weight is 256 g/mol. The second kappa shape index (κ2) is 4.64. The second-order valence-electron chi connectivity index (χ2n) is 4.01. The monoisotopic (exact) mass is 256 g/mol. The van der Waals surface area contributed by atoms with Crippen molar-refractivity contribution in [3.05, 3.63) is 24.3 Å². The van der Waals surface area contributed by atoms with Gasteiger partial charge in [-0.15, -0.1) is 0 Å². The van der Waals surface area contributed by atoms with E-state index in [0.29, 0.717) is 23.7 Å². The van der Waals surface area contributed by atoms with Gasteiger partial charge in [0.15, 0.2) is 0 Å². The Morgan fingerprint density at radius 3 is 2.29 bits per heavy atom. The predicted octanol–water partition coefficient (Wildman–Crippen LogP) is 0.287. The van der Waals surface area contributed by atoms with Crippen LogP contribution in [-0.2, 0) is 10.0 Å². The lowest BCUT2D eigenvalue weighted by Crippen LogP contribution is -2.57. The molecule has 0 unspecified atom stereocenters. The molecule has 1 fully saturated rings. The fraction of sp³-hybridized carbons (Fsp3) is 0.455. The Balaban J connectivity index is 2.23. The lowest BCUT2D eigenvalue weighted by molar-refractivity contribution is 0.274. The zero-order valence-corrected chi connectivity index (χ0v) is 10.7. The van der Waals surface area contributed by atoms with Gasteiger partial charge in [-0.3, -0.25) is 0 Å². The van der Waals surface area contributed by atoms with Crippen LogP contribution in [0, 0.1) is 0 Å². The van der Waals surface area contributed by atoms with E-state index in [1.807, 2.05) is 0 Å². The minimum atomic E-state index is -3.39. The standard InChI is InChI=1S/C11H16N2O3S/c1-13(9-7-12-8-9)17(14,15)11-5-3-10(16-2)4-6-11/h3-6,9,12H,7-8H2,1-2H3. The van der Waals surface area contributed by atoms with Crippen molar-refractivity contribution in [3.63, 3.8) is 0 Å². The van der Waals surface area contributed by atoms with Gasteiger partial charge in [0.05, 0.1) is 12.0 Å². The summed E-state index contributed by atoms with van der Waals surface area (Å²) in [4.78, 5) is 0.299. The predicted molar refractivity (Wildman–Crippen MR) is 64.6 cm³/mol. The summed E-state index contributed by atoms with van der Waals surface area (Å²) in [6, 6.07) is 6.50. The summed E-state index contributed by atoms with van der Waals surface area (Å²) in [5.41, 5.74) is 0. The highest BCUT2D eigenvalue weighted by Gasteiger charge is 2.31. The van der Waals surface area contributed by atoms with E-state index in [9.17, 15) is 8.42 Å². The molecule has 1 aliphatic heterocycles. The molecule has 5 nitrogen and oxygen atoms in total. The van der Waals surface area contributed by atoms with Crippen LogP contribution >= 0.6 is 0 Å². The average Bonchev–Trinajstić information content (AvgIpc) is 2.27. The van der Waals surface area contributed by atoms with Crippen LogP contribution in [0.3, 0.4) is 0 Å². The van der Waals surface area contributed by atoms with Crippen molar-refractivity contribution in [3.8, 4) is 5.75 Å². The van der Waals surface area contributed by atoms with Crippen LogP contribution in [0.25, 0.3) is 0 Å². The van der Waals surface area contributed by atoms with Gasteiger partial charge in [-0.2, -0.15) is 4.31 Å². The van der Waals surface area contributed by atoms with E-state index in [1.165, 1.54) is 4.31 Å². The fourth-order valence-corrected chi connectivity index (χ4v) is 2.99. The van der Waals surface area contributed by atoms with Crippen molar-refractivity contribution >= 4 is 10.0 Å². The van der Waals surface area contributed by atoms with Crippen LogP contribution in [0.4, 0.5) is 0 Å². The third kappa shape index (κ3) is 2.29. The Morgan fingerprint density at radius 2 is 1.88 bits per heavy atom. The van der Waals surface area contributed by atoms with E-state index in [-0.39, 0.29) is 6.04 Å². The van der Waals surface area contributed by atoms with Gasteiger partial charge in [0.1, 0.15) is 5.75 Å². The highest BCUT2D eigenvalue weighted by molar-refractivity contribution is 7.89. The van der Waals surface area contributed by atoms with Crippen molar-refractivity contribution in [2.75, 3.05) is 27.2 Å². The van der Waals surface area contributed by atoms with Gasteiger partial charge in [-0.1, -0.05) is 0 Å². The van der Waals surface area contributed by atoms with Gasteiger partial charge in [0.2, 0.25) is 10.0 Å². The minimum absolute atomic E-state index is 0.0575. The summed E-state index contributed by atoms with van der Waals surface area (Å²) in [7, 11) is -0.219. The first-order chi connectivity index (χ1) is 8.05. The van der Waals surface area contributed by atoms with E-state index in [4.69, 9.17) is 4.74 Å². The molecule has 2 rings (SSSR count). The Morgan fingerprint density at radius 1 is 1.29 bits per heavy atom. The number of nitrogens with one attached hydrogen (secondary N) is 1. The highest BCUT2D eigenvalue weighted by atomic mass is 32.2. The molecule has 94 valence electrons. The number of rotatable bonds is 4. The smallest absolute Gasteiger partial charge is 0.243 e. The maximum absolute atomic E-state index is 12.2. The molecule has 0 saturated carbocycles. The topological polar surface area (TPSA) is 58.6 Å². The Labute approximate surface area is 101 Å². The summed E-state index contributed by atoms with van der Waals surface area (Å²) < 4.78 is 30.9. The molecular weight excluding hydrogens is 240 g/mol. The summed E-state index contributed by atoms with van der Waals surface area (Å²) in [5.74, 6) is 0.650. The zero-order chi connectivity index (χ0) is 12.5. The molecular formula is C11H16N2O3S.